The van der Waals surface area contributed by atoms with Crippen LogP contribution >= 0.6 is 24.8 Å². The Balaban J connectivity index is 0.00000176. The van der Waals surface area contributed by atoms with Gasteiger partial charge in [-0.05, 0) is 0 Å². The molecule has 7 rings (SSSR count). The summed E-state index contributed by atoms with van der Waals surface area (Å²) in [5, 5.41) is 0. The van der Waals surface area contributed by atoms with E-state index in [2.05, 4.69) is 125 Å². The molecular formula is C39H42Cl2Hf. The standard InChI is InChI=1S/2C18H17.C3H6.2ClH.Hf/c2*1-3-14-7-9-15(10-8-14)17-6-4-5-16-11-13(2)12-18(16)17;1-3-2;;;/h2*4-12H,3H2,1-2H3;1-3H2;2*1H;. The second-order valence-corrected chi connectivity index (χ2v) is 29.0. The van der Waals surface area contributed by atoms with Gasteiger partial charge in [-0.25, -0.2) is 0 Å². The molecule has 4 aromatic carbocycles. The summed E-state index contributed by atoms with van der Waals surface area (Å²) in [4.78, 5) is 0. The molecule has 2 atom stereocenters. The number of rotatable bonds is 6. The molecule has 2 unspecified atom stereocenters. The normalized spacial score (nSPS) is 19.4. The summed E-state index contributed by atoms with van der Waals surface area (Å²) in [7, 11) is 0. The monoisotopic (exact) mass is 760 g/mol. The topological polar surface area (TPSA) is 0 Å². The molecule has 1 aliphatic heterocycles. The second-order valence-electron chi connectivity index (χ2n) is 12.4. The van der Waals surface area contributed by atoms with Gasteiger partial charge < -0.3 is 0 Å². The van der Waals surface area contributed by atoms with E-state index in [0.29, 0.717) is 7.35 Å². The van der Waals surface area contributed by atoms with Crippen LogP contribution in [0.25, 0.3) is 34.4 Å². The fourth-order valence-corrected chi connectivity index (χ4v) is 31.2. The Hall–Kier alpha value is -2.19. The summed E-state index contributed by atoms with van der Waals surface area (Å²) in [5.74, 6) is 0. The molecule has 0 saturated carbocycles. The minimum absolute atomic E-state index is 0. The molecule has 0 amide bonds. The van der Waals surface area contributed by atoms with Crippen molar-refractivity contribution >= 4 is 37.0 Å². The van der Waals surface area contributed by atoms with Gasteiger partial charge in [0.15, 0.2) is 0 Å². The Kier molecular flexibility index (Phi) is 9.25. The molecule has 3 heteroatoms. The number of halogens is 2. The van der Waals surface area contributed by atoms with Crippen LogP contribution in [0.5, 0.6) is 0 Å². The largest absolute Gasteiger partial charge is 0.147 e. The van der Waals surface area contributed by atoms with Gasteiger partial charge in [-0.2, -0.15) is 0 Å². The Labute approximate surface area is 269 Å². The molecule has 216 valence electrons. The van der Waals surface area contributed by atoms with Crippen LogP contribution < -0.4 is 0 Å². The van der Waals surface area contributed by atoms with Gasteiger partial charge >= 0.3 is 246 Å². The first-order chi connectivity index (χ1) is 19.5. The molecule has 0 nitrogen and oxygen atoms in total. The van der Waals surface area contributed by atoms with Crippen LogP contribution in [0.2, 0.25) is 8.35 Å². The van der Waals surface area contributed by atoms with Crippen LogP contribution in [0.3, 0.4) is 0 Å². The van der Waals surface area contributed by atoms with Crippen LogP contribution in [0, 0.1) is 0 Å². The number of hydrogen-bond donors (Lipinski definition) is 0. The minimum Gasteiger partial charge on any atom is -0.147 e. The summed E-state index contributed by atoms with van der Waals surface area (Å²) in [6.07, 6.45) is 8.75. The first kappa shape index (κ1) is 31.2. The molecule has 42 heavy (non-hydrogen) atoms. The predicted octanol–water partition coefficient (Wildman–Crippen LogP) is 12.0. The van der Waals surface area contributed by atoms with Crippen molar-refractivity contribution in [1.29, 1.82) is 0 Å². The van der Waals surface area contributed by atoms with Crippen molar-refractivity contribution in [3.05, 3.63) is 129 Å². The second kappa shape index (κ2) is 12.4. The maximum atomic E-state index is 2.57. The van der Waals surface area contributed by atoms with E-state index in [-0.39, 0.29) is 24.8 Å². The van der Waals surface area contributed by atoms with Gasteiger partial charge in [0, 0.05) is 0 Å². The SMILES string of the molecule is CCc1ccc(-c2cccc3c2C=C(C)[CH]3[Hf]2([CH]3C(C)=Cc4c(-c5ccc(CC)cc5)cccc43)[CH2]C[CH2]2)cc1.Cl.Cl. The summed E-state index contributed by atoms with van der Waals surface area (Å²) >= 11 is -2.90. The number of hydrogen-bond acceptors (Lipinski definition) is 0. The molecule has 2 aliphatic carbocycles. The molecule has 1 saturated heterocycles. The zero-order valence-electron chi connectivity index (χ0n) is 25.2. The van der Waals surface area contributed by atoms with Crippen LogP contribution in [0.1, 0.15) is 74.8 Å². The van der Waals surface area contributed by atoms with E-state index >= 15 is 0 Å². The van der Waals surface area contributed by atoms with Crippen molar-refractivity contribution in [3.63, 3.8) is 0 Å². The average Bonchev–Trinajstić information content (AvgIpc) is 3.49. The maximum Gasteiger partial charge on any atom is -0.147 e. The summed E-state index contributed by atoms with van der Waals surface area (Å²) in [6, 6.07) is 32.9. The third kappa shape index (κ3) is 4.94. The first-order valence-electron chi connectivity index (χ1n) is 15.3. The van der Waals surface area contributed by atoms with Crippen molar-refractivity contribution in [2.24, 2.45) is 0 Å². The van der Waals surface area contributed by atoms with Crippen LogP contribution in [0.4, 0.5) is 0 Å². The van der Waals surface area contributed by atoms with Gasteiger partial charge in [0.2, 0.25) is 0 Å². The molecule has 1 heterocycles. The van der Waals surface area contributed by atoms with Gasteiger partial charge in [0.05, 0.1) is 0 Å². The Morgan fingerprint density at radius 1 is 0.571 bits per heavy atom. The van der Waals surface area contributed by atoms with Gasteiger partial charge in [0.25, 0.3) is 0 Å². The van der Waals surface area contributed by atoms with Crippen LogP contribution in [-0.4, -0.2) is 0 Å². The molecule has 0 radical (unpaired) electrons. The van der Waals surface area contributed by atoms with Gasteiger partial charge in [0.1, 0.15) is 0 Å². The smallest absolute Gasteiger partial charge is 0.147 e. The number of fused-ring (bicyclic) bond motifs is 2. The van der Waals surface area contributed by atoms with Gasteiger partial charge in [-0.3, -0.25) is 0 Å². The molecule has 0 aromatic heterocycles. The van der Waals surface area contributed by atoms with Crippen molar-refractivity contribution in [1.82, 2.24) is 0 Å². The van der Waals surface area contributed by atoms with Crippen molar-refractivity contribution in [2.45, 2.75) is 62.7 Å². The average molecular weight is 760 g/mol. The van der Waals surface area contributed by atoms with E-state index < -0.39 is 20.0 Å². The zero-order chi connectivity index (χ0) is 27.4. The number of benzene rings is 4. The van der Waals surface area contributed by atoms with E-state index in [4.69, 9.17) is 0 Å². The Morgan fingerprint density at radius 2 is 0.976 bits per heavy atom. The van der Waals surface area contributed by atoms with E-state index in [0.717, 1.165) is 12.8 Å². The third-order valence-corrected chi connectivity index (χ3v) is 33.3. The zero-order valence-corrected chi connectivity index (χ0v) is 30.5. The molecular weight excluding hydrogens is 718 g/mol. The first-order valence-corrected chi connectivity index (χ1v) is 24.6. The van der Waals surface area contributed by atoms with Crippen LogP contribution in [0.15, 0.2) is 96.1 Å². The molecule has 0 bridgehead atoms. The maximum absolute atomic E-state index is 2.90. The Morgan fingerprint density at radius 3 is 1.31 bits per heavy atom. The fraction of sp³-hybridized carbons (Fsp3) is 0.282. The summed E-state index contributed by atoms with van der Waals surface area (Å²) in [5.41, 5.74) is 18.0. The number of allylic oxidation sites excluding steroid dienone is 2. The van der Waals surface area contributed by atoms with Gasteiger partial charge in [-0.1, -0.05) is 0 Å². The van der Waals surface area contributed by atoms with Crippen molar-refractivity contribution in [3.8, 4) is 22.3 Å². The molecule has 0 spiro atoms. The minimum atomic E-state index is -2.90. The van der Waals surface area contributed by atoms with Crippen molar-refractivity contribution in [2.75, 3.05) is 0 Å². The molecule has 1 fully saturated rings. The van der Waals surface area contributed by atoms with E-state index in [9.17, 15) is 0 Å². The molecule has 4 aromatic rings. The quantitative estimate of drug-likeness (QED) is 0.172. The Bertz CT molecular complexity index is 1540. The fourth-order valence-electron chi connectivity index (χ4n) is 8.30. The van der Waals surface area contributed by atoms with E-state index in [1.165, 1.54) is 59.3 Å². The molecule has 3 aliphatic rings. The number of aryl methyl sites for hydroxylation is 2. The van der Waals surface area contributed by atoms with Crippen molar-refractivity contribution < 1.29 is 20.0 Å². The van der Waals surface area contributed by atoms with Gasteiger partial charge in [-0.15, -0.1) is 24.8 Å². The van der Waals surface area contributed by atoms with E-state index in [1.807, 2.05) is 0 Å². The summed E-state index contributed by atoms with van der Waals surface area (Å²) in [6.45, 7) is 9.38. The predicted molar refractivity (Wildman–Crippen MR) is 184 cm³/mol. The summed E-state index contributed by atoms with van der Waals surface area (Å²) < 4.78 is 4.42. The van der Waals surface area contributed by atoms with E-state index in [1.54, 1.807) is 22.3 Å². The third-order valence-electron chi connectivity index (χ3n) is 10.3. The van der Waals surface area contributed by atoms with Crippen LogP contribution in [-0.2, 0) is 32.8 Å². The molecule has 0 N–H and O–H groups in total.